The fourth-order valence-corrected chi connectivity index (χ4v) is 2.14. The molecule has 0 aromatic heterocycles. The third-order valence-corrected chi connectivity index (χ3v) is 3.16. The van der Waals surface area contributed by atoms with Crippen LogP contribution >= 0.6 is 0 Å². The molecule has 16 heavy (non-hydrogen) atoms. The highest BCUT2D eigenvalue weighted by molar-refractivity contribution is 5.35. The molecule has 0 unspecified atom stereocenters. The molecule has 87 valence electrons. The number of rotatable bonds is 2. The number of hydrogen-bond donors (Lipinski definition) is 0. The van der Waals surface area contributed by atoms with Crippen molar-refractivity contribution in [3.05, 3.63) is 36.4 Å². The predicted octanol–water partition coefficient (Wildman–Crippen LogP) is 2.94. The smallest absolute Gasteiger partial charge is 0.122 e. The molecule has 1 saturated heterocycles. The van der Waals surface area contributed by atoms with Crippen molar-refractivity contribution in [1.29, 1.82) is 0 Å². The number of aryl methyl sites for hydroxylation is 2. The van der Waals surface area contributed by atoms with Gasteiger partial charge in [0.25, 0.3) is 0 Å². The first-order valence-corrected chi connectivity index (χ1v) is 5.94. The van der Waals surface area contributed by atoms with Crippen LogP contribution in [0.15, 0.2) is 18.2 Å². The van der Waals surface area contributed by atoms with Gasteiger partial charge in [0.05, 0.1) is 0 Å². The summed E-state index contributed by atoms with van der Waals surface area (Å²) in [5.74, 6) is 1.04. The van der Waals surface area contributed by atoms with Gasteiger partial charge in [-0.1, -0.05) is 17.7 Å². The van der Waals surface area contributed by atoms with Crippen LogP contribution in [0.3, 0.4) is 0 Å². The van der Waals surface area contributed by atoms with Crippen molar-refractivity contribution >= 4 is 0 Å². The number of ether oxygens (including phenoxy) is 1. The van der Waals surface area contributed by atoms with Gasteiger partial charge in [-0.3, -0.25) is 0 Å². The van der Waals surface area contributed by atoms with Crippen LogP contribution in [0.2, 0.25) is 0 Å². The highest BCUT2D eigenvalue weighted by atomic mass is 16.5. The lowest BCUT2D eigenvalue weighted by atomic mass is 10.1. The Labute approximate surface area is 98.2 Å². The Kier molecular flexibility index (Phi) is 3.49. The van der Waals surface area contributed by atoms with E-state index in [2.05, 4.69) is 44.0 Å². The number of hydrogen-bond acceptors (Lipinski definition) is 2. The minimum atomic E-state index is 0.361. The minimum Gasteiger partial charge on any atom is -0.490 e. The van der Waals surface area contributed by atoms with Gasteiger partial charge in [-0.25, -0.2) is 0 Å². The normalized spacial score (nSPS) is 18.7. The molecule has 2 nitrogen and oxygen atoms in total. The van der Waals surface area contributed by atoms with E-state index in [1.165, 1.54) is 11.1 Å². The number of benzene rings is 1. The first-order valence-electron chi connectivity index (χ1n) is 5.94. The van der Waals surface area contributed by atoms with Crippen molar-refractivity contribution < 1.29 is 4.74 Å². The quantitative estimate of drug-likeness (QED) is 0.756. The van der Waals surface area contributed by atoms with Crippen molar-refractivity contribution in [2.45, 2.75) is 32.8 Å². The Balaban J connectivity index is 1.98. The Morgan fingerprint density at radius 1 is 1.25 bits per heavy atom. The summed E-state index contributed by atoms with van der Waals surface area (Å²) in [6.07, 6.45) is 2.52. The van der Waals surface area contributed by atoms with E-state index in [1.807, 2.05) is 0 Å². The fraction of sp³-hybridized carbons (Fsp3) is 0.500. The summed E-state index contributed by atoms with van der Waals surface area (Å²) in [6, 6.07) is 6.37. The van der Waals surface area contributed by atoms with Crippen molar-refractivity contribution in [3.8, 4) is 5.75 Å². The monoisotopic (exact) mass is 218 g/mol. The van der Waals surface area contributed by atoms with Crippen LogP contribution in [-0.2, 0) is 0 Å². The van der Waals surface area contributed by atoms with Crippen molar-refractivity contribution in [2.24, 2.45) is 0 Å². The number of likely N-dealkylation sites (tertiary alicyclic amines) is 1. The van der Waals surface area contributed by atoms with Gasteiger partial charge in [0.1, 0.15) is 11.9 Å². The highest BCUT2D eigenvalue weighted by Crippen LogP contribution is 2.23. The molecule has 1 radical (unpaired) electrons. The Hall–Kier alpha value is -1.02. The SMILES string of the molecule is [CH2]N1CCC(Oc2ccc(C)cc2C)CC1. The van der Waals surface area contributed by atoms with Crippen LogP contribution in [0.25, 0.3) is 0 Å². The summed E-state index contributed by atoms with van der Waals surface area (Å²) in [4.78, 5) is 2.11. The van der Waals surface area contributed by atoms with Gasteiger partial charge < -0.3 is 9.64 Å². The molecule has 1 heterocycles. The largest absolute Gasteiger partial charge is 0.490 e. The Bertz CT molecular complexity index is 354. The second-order valence-electron chi connectivity index (χ2n) is 4.70. The van der Waals surface area contributed by atoms with E-state index >= 15 is 0 Å². The van der Waals surface area contributed by atoms with Crippen LogP contribution < -0.4 is 4.74 Å². The van der Waals surface area contributed by atoms with E-state index in [4.69, 9.17) is 4.74 Å². The van der Waals surface area contributed by atoms with E-state index in [9.17, 15) is 0 Å². The molecule has 0 atom stereocenters. The maximum absolute atomic E-state index is 6.03. The molecule has 1 aliphatic rings. The molecule has 0 amide bonds. The van der Waals surface area contributed by atoms with Gasteiger partial charge >= 0.3 is 0 Å². The molecular weight excluding hydrogens is 198 g/mol. The van der Waals surface area contributed by atoms with Gasteiger partial charge in [0.15, 0.2) is 0 Å². The van der Waals surface area contributed by atoms with E-state index in [0.717, 1.165) is 31.7 Å². The summed E-state index contributed by atoms with van der Waals surface area (Å²) in [5.41, 5.74) is 2.52. The maximum atomic E-state index is 6.03. The Morgan fingerprint density at radius 2 is 1.94 bits per heavy atom. The molecule has 0 N–H and O–H groups in total. The maximum Gasteiger partial charge on any atom is 0.122 e. The lowest BCUT2D eigenvalue weighted by Gasteiger charge is -2.29. The summed E-state index contributed by atoms with van der Waals surface area (Å²) >= 11 is 0. The van der Waals surface area contributed by atoms with E-state index < -0.39 is 0 Å². The van der Waals surface area contributed by atoms with Gasteiger partial charge in [-0.05, 0) is 38.3 Å². The van der Waals surface area contributed by atoms with Crippen molar-refractivity contribution in [2.75, 3.05) is 13.1 Å². The van der Waals surface area contributed by atoms with E-state index in [0.29, 0.717) is 6.10 Å². The second kappa shape index (κ2) is 4.88. The molecule has 1 fully saturated rings. The fourth-order valence-electron chi connectivity index (χ4n) is 2.14. The van der Waals surface area contributed by atoms with Crippen LogP contribution in [0, 0.1) is 20.9 Å². The van der Waals surface area contributed by atoms with Gasteiger partial charge in [-0.2, -0.15) is 0 Å². The Morgan fingerprint density at radius 3 is 2.56 bits per heavy atom. The van der Waals surface area contributed by atoms with Gasteiger partial charge in [0.2, 0.25) is 0 Å². The second-order valence-corrected chi connectivity index (χ2v) is 4.70. The van der Waals surface area contributed by atoms with Crippen molar-refractivity contribution in [1.82, 2.24) is 4.90 Å². The topological polar surface area (TPSA) is 12.5 Å². The van der Waals surface area contributed by atoms with E-state index in [1.54, 1.807) is 0 Å². The molecule has 2 heteroatoms. The van der Waals surface area contributed by atoms with Gasteiger partial charge in [0, 0.05) is 20.1 Å². The molecule has 1 aromatic rings. The first kappa shape index (κ1) is 11.5. The minimum absolute atomic E-state index is 0.361. The molecule has 0 aliphatic carbocycles. The molecule has 0 spiro atoms. The summed E-state index contributed by atoms with van der Waals surface area (Å²) in [6.45, 7) is 6.29. The van der Waals surface area contributed by atoms with Crippen LogP contribution in [0.1, 0.15) is 24.0 Å². The first-order chi connectivity index (χ1) is 7.65. The van der Waals surface area contributed by atoms with Crippen molar-refractivity contribution in [3.63, 3.8) is 0 Å². The molecule has 0 saturated carbocycles. The number of piperidine rings is 1. The summed E-state index contributed by atoms with van der Waals surface area (Å²) < 4.78 is 6.03. The molecular formula is C14H20NO. The molecule has 0 bridgehead atoms. The zero-order valence-corrected chi connectivity index (χ0v) is 10.2. The molecule has 1 aromatic carbocycles. The predicted molar refractivity (Wildman–Crippen MR) is 66.5 cm³/mol. The molecule has 2 rings (SSSR count). The average Bonchev–Trinajstić information content (AvgIpc) is 2.25. The van der Waals surface area contributed by atoms with E-state index in [-0.39, 0.29) is 0 Å². The lowest BCUT2D eigenvalue weighted by Crippen LogP contribution is -2.34. The zero-order chi connectivity index (χ0) is 11.5. The summed E-state index contributed by atoms with van der Waals surface area (Å²) in [7, 11) is 3.95. The number of nitrogens with zero attached hydrogens (tertiary/aromatic N) is 1. The van der Waals surface area contributed by atoms with Crippen LogP contribution in [0.4, 0.5) is 0 Å². The summed E-state index contributed by atoms with van der Waals surface area (Å²) in [5, 5.41) is 0. The van der Waals surface area contributed by atoms with Gasteiger partial charge in [-0.15, -0.1) is 0 Å². The van der Waals surface area contributed by atoms with Crippen LogP contribution in [0.5, 0.6) is 5.75 Å². The van der Waals surface area contributed by atoms with Crippen LogP contribution in [-0.4, -0.2) is 24.1 Å². The highest BCUT2D eigenvalue weighted by Gasteiger charge is 2.18. The zero-order valence-electron chi connectivity index (χ0n) is 10.2. The third kappa shape index (κ3) is 2.76. The third-order valence-electron chi connectivity index (χ3n) is 3.16. The lowest BCUT2D eigenvalue weighted by molar-refractivity contribution is 0.121. The standard InChI is InChI=1S/C14H20NO/c1-11-4-5-14(12(2)10-11)16-13-6-8-15(3)9-7-13/h4-5,10,13H,3,6-9H2,1-2H3. The molecule has 1 aliphatic heterocycles. The average molecular weight is 218 g/mol.